The molecular weight excluding hydrogens is 498 g/mol. The Morgan fingerprint density at radius 1 is 0.919 bits per heavy atom. The van der Waals surface area contributed by atoms with Gasteiger partial charge < -0.3 is 24.4 Å². The second-order valence-electron chi connectivity index (χ2n) is 8.10. The van der Waals surface area contributed by atoms with Crippen LogP contribution in [-0.2, 0) is 9.59 Å². The molecule has 1 amide bonds. The van der Waals surface area contributed by atoms with Crippen molar-refractivity contribution in [2.75, 3.05) is 25.2 Å². The average Bonchev–Trinajstić information content (AvgIpc) is 3.15. The Hall–Kier alpha value is -4.17. The van der Waals surface area contributed by atoms with Gasteiger partial charge in [0, 0.05) is 16.8 Å². The van der Waals surface area contributed by atoms with E-state index in [0.29, 0.717) is 41.0 Å². The molecule has 2 N–H and O–H groups in total. The van der Waals surface area contributed by atoms with Gasteiger partial charge in [0.25, 0.3) is 11.7 Å². The van der Waals surface area contributed by atoms with E-state index in [2.05, 4.69) is 0 Å². The average molecular weight is 524 g/mol. The number of phenolic OH excluding ortho intramolecular Hbond substituents is 1. The molecule has 0 radical (unpaired) electrons. The minimum Gasteiger partial charge on any atom is -0.508 e. The largest absolute Gasteiger partial charge is 0.508 e. The number of hydrogen-bond donors (Lipinski definition) is 2. The van der Waals surface area contributed by atoms with Gasteiger partial charge in [0.2, 0.25) is 0 Å². The van der Waals surface area contributed by atoms with Gasteiger partial charge in [-0.25, -0.2) is 0 Å². The molecule has 37 heavy (non-hydrogen) atoms. The number of carbonyl (C=O) groups excluding carboxylic acids is 2. The summed E-state index contributed by atoms with van der Waals surface area (Å²) in [6.45, 7) is 4.44. The van der Waals surface area contributed by atoms with Gasteiger partial charge in [0.15, 0.2) is 11.5 Å². The number of ether oxygens (including phenoxy) is 3. The van der Waals surface area contributed by atoms with Crippen LogP contribution in [0.25, 0.3) is 5.76 Å². The first-order valence-electron chi connectivity index (χ1n) is 11.6. The number of aromatic hydroxyl groups is 1. The van der Waals surface area contributed by atoms with Crippen LogP contribution in [0.2, 0.25) is 5.02 Å². The third-order valence-electron chi connectivity index (χ3n) is 5.88. The van der Waals surface area contributed by atoms with E-state index in [1.165, 1.54) is 30.2 Å². The number of amides is 1. The Balaban J connectivity index is 1.95. The van der Waals surface area contributed by atoms with Gasteiger partial charge in [-0.05, 0) is 61.9 Å². The topological polar surface area (TPSA) is 106 Å². The molecule has 3 aromatic rings. The molecule has 1 heterocycles. The Morgan fingerprint density at radius 2 is 1.57 bits per heavy atom. The number of halogens is 1. The molecule has 0 spiro atoms. The third kappa shape index (κ3) is 4.93. The smallest absolute Gasteiger partial charge is 0.300 e. The summed E-state index contributed by atoms with van der Waals surface area (Å²) < 4.78 is 16.7. The van der Waals surface area contributed by atoms with Crippen LogP contribution in [0.3, 0.4) is 0 Å². The number of aliphatic hydroxyl groups is 1. The second kappa shape index (κ2) is 10.8. The molecule has 192 valence electrons. The Morgan fingerprint density at radius 3 is 2.22 bits per heavy atom. The minimum atomic E-state index is -1.02. The third-order valence-corrected chi connectivity index (χ3v) is 6.11. The van der Waals surface area contributed by atoms with Crippen molar-refractivity contribution >= 4 is 34.7 Å². The van der Waals surface area contributed by atoms with Crippen LogP contribution in [-0.4, -0.2) is 42.2 Å². The first-order chi connectivity index (χ1) is 17.8. The van der Waals surface area contributed by atoms with Gasteiger partial charge in [-0.15, -0.1) is 0 Å². The molecule has 1 unspecified atom stereocenters. The summed E-state index contributed by atoms with van der Waals surface area (Å²) in [4.78, 5) is 28.2. The number of rotatable bonds is 8. The Kier molecular flexibility index (Phi) is 7.59. The van der Waals surface area contributed by atoms with Crippen molar-refractivity contribution in [3.63, 3.8) is 0 Å². The molecular formula is C28H26ClNO7. The van der Waals surface area contributed by atoms with E-state index in [4.69, 9.17) is 25.8 Å². The summed E-state index contributed by atoms with van der Waals surface area (Å²) in [5.74, 6) is -0.973. The van der Waals surface area contributed by atoms with Gasteiger partial charge in [0.1, 0.15) is 17.3 Å². The van der Waals surface area contributed by atoms with Crippen molar-refractivity contribution in [2.45, 2.75) is 19.9 Å². The van der Waals surface area contributed by atoms with Crippen molar-refractivity contribution in [1.29, 1.82) is 0 Å². The van der Waals surface area contributed by atoms with Crippen LogP contribution < -0.4 is 19.1 Å². The van der Waals surface area contributed by atoms with Crippen molar-refractivity contribution in [2.24, 2.45) is 0 Å². The number of ketones is 1. The van der Waals surface area contributed by atoms with Crippen LogP contribution in [0, 0.1) is 0 Å². The highest BCUT2D eigenvalue weighted by Gasteiger charge is 2.47. The van der Waals surface area contributed by atoms with Crippen molar-refractivity contribution in [3.05, 3.63) is 82.4 Å². The fourth-order valence-electron chi connectivity index (χ4n) is 4.27. The zero-order chi connectivity index (χ0) is 26.7. The van der Waals surface area contributed by atoms with E-state index >= 15 is 0 Å². The minimum absolute atomic E-state index is 0.0110. The van der Waals surface area contributed by atoms with Gasteiger partial charge in [-0.3, -0.25) is 14.5 Å². The predicted molar refractivity (Wildman–Crippen MR) is 140 cm³/mol. The van der Waals surface area contributed by atoms with Crippen LogP contribution in [0.5, 0.6) is 23.0 Å². The first kappa shape index (κ1) is 25.9. The summed E-state index contributed by atoms with van der Waals surface area (Å²) in [6, 6.07) is 14.6. The monoisotopic (exact) mass is 523 g/mol. The van der Waals surface area contributed by atoms with Gasteiger partial charge in [0.05, 0.1) is 37.5 Å². The van der Waals surface area contributed by atoms with Gasteiger partial charge in [-0.1, -0.05) is 23.7 Å². The first-order valence-corrected chi connectivity index (χ1v) is 12.0. The van der Waals surface area contributed by atoms with E-state index < -0.39 is 23.5 Å². The Bertz CT molecular complexity index is 1370. The number of carbonyl (C=O) groups is 2. The van der Waals surface area contributed by atoms with Crippen LogP contribution in [0.15, 0.2) is 66.2 Å². The zero-order valence-electron chi connectivity index (χ0n) is 20.5. The van der Waals surface area contributed by atoms with E-state index in [1.807, 2.05) is 13.8 Å². The number of anilines is 1. The molecule has 0 aliphatic carbocycles. The maximum atomic E-state index is 13.5. The number of Topliss-reactive ketones (excluding diaryl/α,β-unsaturated/α-hetero) is 1. The molecule has 4 rings (SSSR count). The maximum Gasteiger partial charge on any atom is 0.300 e. The molecule has 9 heteroatoms. The van der Waals surface area contributed by atoms with Gasteiger partial charge >= 0.3 is 0 Å². The number of nitrogens with zero attached hydrogens (tertiary/aromatic N) is 1. The van der Waals surface area contributed by atoms with Crippen molar-refractivity contribution in [3.8, 4) is 23.0 Å². The molecule has 1 aliphatic heterocycles. The van der Waals surface area contributed by atoms with Gasteiger partial charge in [-0.2, -0.15) is 0 Å². The number of hydrogen-bond acceptors (Lipinski definition) is 7. The fourth-order valence-corrected chi connectivity index (χ4v) is 4.44. The molecule has 1 atom stereocenters. The molecule has 3 aromatic carbocycles. The molecule has 1 aliphatic rings. The predicted octanol–water partition coefficient (Wildman–Crippen LogP) is 5.48. The highest BCUT2D eigenvalue weighted by Crippen LogP contribution is 2.45. The summed E-state index contributed by atoms with van der Waals surface area (Å²) >= 11 is 6.17. The van der Waals surface area contributed by atoms with Crippen LogP contribution >= 0.6 is 11.6 Å². The normalized spacial score (nSPS) is 16.6. The molecule has 0 aromatic heterocycles. The lowest BCUT2D eigenvalue weighted by molar-refractivity contribution is -0.132. The second-order valence-corrected chi connectivity index (χ2v) is 8.54. The van der Waals surface area contributed by atoms with Crippen molar-refractivity contribution < 1.29 is 34.0 Å². The lowest BCUT2D eigenvalue weighted by atomic mass is 9.94. The summed E-state index contributed by atoms with van der Waals surface area (Å²) in [5.41, 5.74) is 0.872. The van der Waals surface area contributed by atoms with E-state index in [1.54, 1.807) is 42.5 Å². The number of benzene rings is 3. The summed E-state index contributed by atoms with van der Waals surface area (Å²) in [5, 5.41) is 21.6. The fraction of sp³-hybridized carbons (Fsp3) is 0.214. The lowest BCUT2D eigenvalue weighted by Crippen LogP contribution is -2.29. The summed E-state index contributed by atoms with van der Waals surface area (Å²) in [7, 11) is 1.42. The molecule has 1 saturated heterocycles. The van der Waals surface area contributed by atoms with E-state index in [-0.39, 0.29) is 22.6 Å². The number of phenols is 1. The molecule has 0 bridgehead atoms. The van der Waals surface area contributed by atoms with Crippen molar-refractivity contribution in [1.82, 2.24) is 0 Å². The van der Waals surface area contributed by atoms with E-state index in [9.17, 15) is 19.8 Å². The molecule has 0 saturated carbocycles. The number of methoxy groups -OCH3 is 1. The lowest BCUT2D eigenvalue weighted by Gasteiger charge is -2.26. The van der Waals surface area contributed by atoms with Crippen LogP contribution in [0.1, 0.15) is 31.0 Å². The number of aliphatic hydroxyl groups excluding tert-OH is 1. The Labute approximate surface area is 219 Å². The quantitative estimate of drug-likeness (QED) is 0.229. The molecule has 8 nitrogen and oxygen atoms in total. The van der Waals surface area contributed by atoms with Crippen LogP contribution in [0.4, 0.5) is 5.69 Å². The summed E-state index contributed by atoms with van der Waals surface area (Å²) in [6.07, 6.45) is 0. The van der Waals surface area contributed by atoms with E-state index in [0.717, 1.165) is 0 Å². The maximum absolute atomic E-state index is 13.5. The zero-order valence-corrected chi connectivity index (χ0v) is 21.3. The SMILES string of the molecule is CCOc1ccc(N2C(=O)C(=O)/C(=C(/O)c3cc(Cl)ccc3OC)C2c2ccc(O)cc2)cc1OCC. The highest BCUT2D eigenvalue weighted by molar-refractivity contribution is 6.51. The highest BCUT2D eigenvalue weighted by atomic mass is 35.5. The standard InChI is InChI=1S/C28H26ClNO7/c1-4-36-22-13-9-18(15-23(22)37-5-2)30-25(16-6-10-19(31)11-7-16)24(27(33)28(30)34)26(32)20-14-17(29)8-12-21(20)35-3/h6-15,25,31-32H,4-5H2,1-3H3/b26-24+. The molecule has 1 fully saturated rings.